The highest BCUT2D eigenvalue weighted by Gasteiger charge is 2.20. The van der Waals surface area contributed by atoms with E-state index in [1.165, 1.54) is 0 Å². The third-order valence-electron chi connectivity index (χ3n) is 3.86. The van der Waals surface area contributed by atoms with E-state index in [0.29, 0.717) is 33.2 Å². The van der Waals surface area contributed by atoms with E-state index in [9.17, 15) is 0 Å². The molecule has 25 heavy (non-hydrogen) atoms. The van der Waals surface area contributed by atoms with Crippen molar-refractivity contribution in [2.75, 3.05) is 13.2 Å². The zero-order valence-electron chi connectivity index (χ0n) is 13.2. The molecule has 2 aromatic rings. The van der Waals surface area contributed by atoms with Gasteiger partial charge in [0, 0.05) is 44.6 Å². The highest BCUT2D eigenvalue weighted by atomic mass is 35.5. The van der Waals surface area contributed by atoms with Crippen molar-refractivity contribution in [2.45, 2.75) is 12.7 Å². The summed E-state index contributed by atoms with van der Waals surface area (Å²) in [6.07, 6.45) is 3.65. The fraction of sp³-hybridized carbons (Fsp3) is 0.222. The minimum absolute atomic E-state index is 0.235. The number of hydrogen-bond acceptors (Lipinski definition) is 3. The predicted octanol–water partition coefficient (Wildman–Crippen LogP) is 5.89. The van der Waals surface area contributed by atoms with Gasteiger partial charge >= 0.3 is 0 Å². The van der Waals surface area contributed by atoms with E-state index in [4.69, 9.17) is 51.1 Å². The maximum atomic E-state index is 6.38. The van der Waals surface area contributed by atoms with Crippen molar-refractivity contribution in [3.05, 3.63) is 80.0 Å². The molecule has 0 radical (unpaired) electrons. The van der Waals surface area contributed by atoms with Gasteiger partial charge in [-0.2, -0.15) is 0 Å². The molecule has 0 aromatic heterocycles. The largest absolute Gasteiger partial charge is 0.373 e. The molecule has 0 bridgehead atoms. The first-order valence-corrected chi connectivity index (χ1v) is 9.18. The number of hydrogen-bond donors (Lipinski definition) is 1. The van der Waals surface area contributed by atoms with Crippen molar-refractivity contribution in [3.63, 3.8) is 0 Å². The van der Waals surface area contributed by atoms with Gasteiger partial charge in [-0.15, -0.1) is 0 Å². The van der Waals surface area contributed by atoms with Crippen LogP contribution in [0, 0.1) is 0 Å². The molecular weight excluding hydrogens is 402 g/mol. The van der Waals surface area contributed by atoms with Crippen molar-refractivity contribution in [3.8, 4) is 0 Å². The van der Waals surface area contributed by atoms with E-state index in [0.717, 1.165) is 17.8 Å². The Balaban J connectivity index is 1.79. The van der Waals surface area contributed by atoms with Crippen molar-refractivity contribution in [1.82, 2.24) is 10.2 Å². The molecule has 3 nitrogen and oxygen atoms in total. The Kier molecular flexibility index (Phi) is 6.37. The monoisotopic (exact) mass is 416 g/mol. The van der Waals surface area contributed by atoms with Crippen molar-refractivity contribution < 1.29 is 4.74 Å². The number of benzene rings is 2. The standard InChI is InChI=1S/C18H16Cl4N2O/c19-13-2-1-12(16(21)7-13)10-25-18(9-24-6-5-23-11-24)15-4-3-14(20)8-17(15)22/h1-8,18,23H,9-11H2/t18-/m1/s1. The lowest BCUT2D eigenvalue weighted by atomic mass is 10.1. The highest BCUT2D eigenvalue weighted by molar-refractivity contribution is 6.35. The van der Waals surface area contributed by atoms with Crippen LogP contribution in [0.5, 0.6) is 0 Å². The molecule has 0 aliphatic carbocycles. The molecule has 1 aliphatic rings. The molecule has 0 amide bonds. The van der Waals surface area contributed by atoms with Crippen LogP contribution in [-0.4, -0.2) is 18.1 Å². The fourth-order valence-electron chi connectivity index (χ4n) is 2.55. The van der Waals surface area contributed by atoms with Crippen molar-refractivity contribution in [1.29, 1.82) is 0 Å². The van der Waals surface area contributed by atoms with E-state index < -0.39 is 0 Å². The van der Waals surface area contributed by atoms with Gasteiger partial charge in [-0.3, -0.25) is 0 Å². The highest BCUT2D eigenvalue weighted by Crippen LogP contribution is 2.31. The van der Waals surface area contributed by atoms with Crippen LogP contribution in [0.3, 0.4) is 0 Å². The summed E-state index contributed by atoms with van der Waals surface area (Å²) in [5, 5.41) is 5.49. The minimum Gasteiger partial charge on any atom is -0.373 e. The molecule has 0 saturated carbocycles. The second-order valence-corrected chi connectivity index (χ2v) is 7.34. The lowest BCUT2D eigenvalue weighted by Gasteiger charge is -2.25. The zero-order chi connectivity index (χ0) is 17.8. The van der Waals surface area contributed by atoms with Gasteiger partial charge in [-0.1, -0.05) is 58.5 Å². The summed E-state index contributed by atoms with van der Waals surface area (Å²) in [5.74, 6) is 0. The lowest BCUT2D eigenvalue weighted by Crippen LogP contribution is -2.27. The molecule has 2 aromatic carbocycles. The Bertz CT molecular complexity index is 782. The van der Waals surface area contributed by atoms with Gasteiger partial charge in [0.25, 0.3) is 0 Å². The molecule has 7 heteroatoms. The van der Waals surface area contributed by atoms with Gasteiger partial charge < -0.3 is 15.0 Å². The second-order valence-electron chi connectivity index (χ2n) is 5.65. The van der Waals surface area contributed by atoms with Crippen molar-refractivity contribution in [2.24, 2.45) is 0 Å². The summed E-state index contributed by atoms with van der Waals surface area (Å²) in [7, 11) is 0. The molecule has 0 saturated heterocycles. The van der Waals surface area contributed by atoms with Crippen LogP contribution < -0.4 is 5.32 Å². The maximum absolute atomic E-state index is 6.38. The van der Waals surface area contributed by atoms with Crippen LogP contribution in [0.25, 0.3) is 0 Å². The molecule has 0 spiro atoms. The van der Waals surface area contributed by atoms with Crippen LogP contribution >= 0.6 is 46.4 Å². The van der Waals surface area contributed by atoms with Crippen LogP contribution in [0.1, 0.15) is 17.2 Å². The average molecular weight is 418 g/mol. The molecule has 1 atom stereocenters. The second kappa shape index (κ2) is 8.52. The summed E-state index contributed by atoms with van der Waals surface area (Å²) in [6.45, 7) is 1.73. The summed E-state index contributed by atoms with van der Waals surface area (Å²) in [5.41, 5.74) is 1.76. The van der Waals surface area contributed by atoms with Gasteiger partial charge in [-0.25, -0.2) is 0 Å². The summed E-state index contributed by atoms with van der Waals surface area (Å²) < 4.78 is 6.16. The van der Waals surface area contributed by atoms with Crippen LogP contribution in [0.4, 0.5) is 0 Å². The van der Waals surface area contributed by atoms with E-state index in [1.807, 2.05) is 30.6 Å². The van der Waals surface area contributed by atoms with Gasteiger partial charge in [0.05, 0.1) is 13.3 Å². The number of nitrogens with one attached hydrogen (secondary N) is 1. The summed E-state index contributed by atoms with van der Waals surface area (Å²) >= 11 is 24.6. The predicted molar refractivity (Wildman–Crippen MR) is 104 cm³/mol. The van der Waals surface area contributed by atoms with Crippen LogP contribution in [0.15, 0.2) is 48.8 Å². The van der Waals surface area contributed by atoms with Gasteiger partial charge in [0.15, 0.2) is 0 Å². The first-order chi connectivity index (χ1) is 12.0. The molecule has 1 N–H and O–H groups in total. The lowest BCUT2D eigenvalue weighted by molar-refractivity contribution is 0.0233. The number of rotatable bonds is 6. The van der Waals surface area contributed by atoms with E-state index in [-0.39, 0.29) is 6.10 Å². The summed E-state index contributed by atoms with van der Waals surface area (Å²) in [6, 6.07) is 10.8. The number of halogens is 4. The molecule has 1 aliphatic heterocycles. The van der Waals surface area contributed by atoms with Gasteiger partial charge in [-0.05, 0) is 29.8 Å². The fourth-order valence-corrected chi connectivity index (χ4v) is 3.54. The normalized spacial score (nSPS) is 14.6. The Morgan fingerprint density at radius 2 is 1.72 bits per heavy atom. The average Bonchev–Trinajstić information content (AvgIpc) is 3.06. The SMILES string of the molecule is Clc1ccc(CO[C@H](CN2C=CNC2)c2ccc(Cl)cc2Cl)c(Cl)c1. The van der Waals surface area contributed by atoms with Gasteiger partial charge in [0.1, 0.15) is 6.10 Å². The molecule has 1 heterocycles. The first-order valence-electron chi connectivity index (χ1n) is 7.67. The molecule has 0 fully saturated rings. The van der Waals surface area contributed by atoms with E-state index in [1.54, 1.807) is 18.2 Å². The van der Waals surface area contributed by atoms with E-state index >= 15 is 0 Å². The molecule has 0 unspecified atom stereocenters. The van der Waals surface area contributed by atoms with E-state index in [2.05, 4.69) is 10.2 Å². The van der Waals surface area contributed by atoms with Crippen molar-refractivity contribution >= 4 is 46.4 Å². The number of ether oxygens (including phenoxy) is 1. The number of nitrogens with zero attached hydrogens (tertiary/aromatic N) is 1. The van der Waals surface area contributed by atoms with Gasteiger partial charge in [0.2, 0.25) is 0 Å². The Labute approximate surface area is 167 Å². The van der Waals surface area contributed by atoms with Crippen LogP contribution in [0.2, 0.25) is 20.1 Å². The summed E-state index contributed by atoms with van der Waals surface area (Å²) in [4.78, 5) is 2.11. The maximum Gasteiger partial charge on any atom is 0.102 e. The first kappa shape index (κ1) is 18.7. The smallest absolute Gasteiger partial charge is 0.102 e. The topological polar surface area (TPSA) is 24.5 Å². The molecule has 132 valence electrons. The quantitative estimate of drug-likeness (QED) is 0.633. The molecular formula is C18H16Cl4N2O. The Morgan fingerprint density at radius 3 is 2.36 bits per heavy atom. The Morgan fingerprint density at radius 1 is 1.00 bits per heavy atom. The Hall–Kier alpha value is -1.10. The zero-order valence-corrected chi connectivity index (χ0v) is 16.2. The minimum atomic E-state index is -0.235. The third kappa shape index (κ3) is 4.96. The van der Waals surface area contributed by atoms with Crippen LogP contribution in [-0.2, 0) is 11.3 Å². The third-order valence-corrected chi connectivity index (χ3v) is 5.01. The molecule has 3 rings (SSSR count).